The molecule has 0 saturated heterocycles. The summed E-state index contributed by atoms with van der Waals surface area (Å²) >= 11 is 8.96. The zero-order valence-corrected chi connectivity index (χ0v) is 13.1. The van der Waals surface area contributed by atoms with Gasteiger partial charge in [0, 0.05) is 4.47 Å². The molecule has 0 unspecified atom stereocenters. The largest absolute Gasteiger partial charge is 0.396 e. The fourth-order valence-corrected chi connectivity index (χ4v) is 3.19. The summed E-state index contributed by atoms with van der Waals surface area (Å²) in [7, 11) is -3.80. The van der Waals surface area contributed by atoms with Crippen molar-refractivity contribution in [3.63, 3.8) is 0 Å². The summed E-state index contributed by atoms with van der Waals surface area (Å²) in [6.07, 6.45) is 0. The average Bonchev–Trinajstić information content (AvgIpc) is 2.37. The number of anilines is 2. The molecule has 8 heteroatoms. The third-order valence-corrected chi connectivity index (χ3v) is 5.04. The molecule has 0 amide bonds. The molecule has 0 fully saturated rings. The van der Waals surface area contributed by atoms with Crippen LogP contribution in [-0.4, -0.2) is 8.42 Å². The van der Waals surface area contributed by atoms with Gasteiger partial charge in [-0.1, -0.05) is 11.6 Å². The van der Waals surface area contributed by atoms with E-state index in [4.69, 9.17) is 17.3 Å². The maximum Gasteiger partial charge on any atom is 0.261 e. The van der Waals surface area contributed by atoms with Crippen LogP contribution in [0.1, 0.15) is 0 Å². The number of halogens is 3. The van der Waals surface area contributed by atoms with Gasteiger partial charge in [-0.2, -0.15) is 0 Å². The highest BCUT2D eigenvalue weighted by Gasteiger charge is 2.16. The Bertz CT molecular complexity index is 768. The van der Waals surface area contributed by atoms with Crippen molar-refractivity contribution < 1.29 is 12.8 Å². The number of nitrogen functional groups attached to an aromatic ring is 1. The molecular formula is C12H9BrClFN2O2S. The minimum Gasteiger partial charge on any atom is -0.396 e. The van der Waals surface area contributed by atoms with Gasteiger partial charge in [-0.15, -0.1) is 0 Å². The van der Waals surface area contributed by atoms with E-state index in [1.807, 2.05) is 0 Å². The zero-order valence-electron chi connectivity index (χ0n) is 9.90. The molecule has 0 atom stereocenters. The molecule has 106 valence electrons. The number of nitrogens with one attached hydrogen (secondary N) is 1. The Kier molecular flexibility index (Phi) is 4.22. The molecular weight excluding hydrogens is 371 g/mol. The third-order valence-electron chi connectivity index (χ3n) is 2.45. The quantitative estimate of drug-likeness (QED) is 0.800. The van der Waals surface area contributed by atoms with E-state index in [0.717, 1.165) is 6.07 Å². The zero-order chi connectivity index (χ0) is 14.9. The molecule has 4 nitrogen and oxygen atoms in total. The summed E-state index contributed by atoms with van der Waals surface area (Å²) in [5.74, 6) is -0.609. The Morgan fingerprint density at radius 2 is 1.90 bits per heavy atom. The van der Waals surface area contributed by atoms with Gasteiger partial charge in [0.2, 0.25) is 0 Å². The average molecular weight is 380 g/mol. The van der Waals surface area contributed by atoms with E-state index < -0.39 is 15.8 Å². The lowest BCUT2D eigenvalue weighted by Gasteiger charge is -2.09. The summed E-state index contributed by atoms with van der Waals surface area (Å²) in [6, 6.07) is 7.77. The number of benzene rings is 2. The lowest BCUT2D eigenvalue weighted by atomic mass is 10.3. The highest BCUT2D eigenvalue weighted by molar-refractivity contribution is 9.10. The highest BCUT2D eigenvalue weighted by atomic mass is 79.9. The summed E-state index contributed by atoms with van der Waals surface area (Å²) < 4.78 is 40.1. The first kappa shape index (κ1) is 15.1. The van der Waals surface area contributed by atoms with E-state index in [1.165, 1.54) is 30.3 Å². The van der Waals surface area contributed by atoms with Crippen LogP contribution in [0.4, 0.5) is 15.8 Å². The van der Waals surface area contributed by atoms with Crippen molar-refractivity contribution in [2.75, 3.05) is 10.5 Å². The van der Waals surface area contributed by atoms with E-state index in [0.29, 0.717) is 9.50 Å². The van der Waals surface area contributed by atoms with Gasteiger partial charge in [-0.3, -0.25) is 4.72 Å². The van der Waals surface area contributed by atoms with E-state index >= 15 is 0 Å². The van der Waals surface area contributed by atoms with Gasteiger partial charge in [0.15, 0.2) is 0 Å². The van der Waals surface area contributed by atoms with E-state index in [-0.39, 0.29) is 16.3 Å². The normalized spacial score (nSPS) is 11.3. The second kappa shape index (κ2) is 5.59. The monoisotopic (exact) mass is 378 g/mol. The molecule has 0 aliphatic heterocycles. The minimum absolute atomic E-state index is 0.0247. The van der Waals surface area contributed by atoms with Crippen molar-refractivity contribution in [2.24, 2.45) is 0 Å². The van der Waals surface area contributed by atoms with Gasteiger partial charge in [0.25, 0.3) is 10.0 Å². The molecule has 2 rings (SSSR count). The smallest absolute Gasteiger partial charge is 0.261 e. The number of nitrogens with two attached hydrogens (primary N) is 1. The van der Waals surface area contributed by atoms with Gasteiger partial charge in [-0.05, 0) is 52.3 Å². The van der Waals surface area contributed by atoms with Crippen LogP contribution >= 0.6 is 27.5 Å². The van der Waals surface area contributed by atoms with Crippen molar-refractivity contribution >= 4 is 48.9 Å². The van der Waals surface area contributed by atoms with Gasteiger partial charge >= 0.3 is 0 Å². The van der Waals surface area contributed by atoms with Crippen LogP contribution in [0.2, 0.25) is 5.02 Å². The highest BCUT2D eigenvalue weighted by Crippen LogP contribution is 2.27. The van der Waals surface area contributed by atoms with Crippen LogP contribution < -0.4 is 10.5 Å². The van der Waals surface area contributed by atoms with Crippen LogP contribution in [0.25, 0.3) is 0 Å². The summed E-state index contributed by atoms with van der Waals surface area (Å²) in [5.41, 5.74) is 5.43. The van der Waals surface area contributed by atoms with E-state index in [9.17, 15) is 12.8 Å². The Balaban J connectivity index is 2.35. The molecule has 0 aliphatic rings. The number of hydrogen-bond donors (Lipinski definition) is 2. The maximum absolute atomic E-state index is 13.0. The van der Waals surface area contributed by atoms with Crippen LogP contribution in [0.5, 0.6) is 0 Å². The van der Waals surface area contributed by atoms with Crippen LogP contribution in [-0.2, 0) is 10.0 Å². The molecule has 2 aromatic rings. The van der Waals surface area contributed by atoms with E-state index in [2.05, 4.69) is 20.7 Å². The first-order valence-electron chi connectivity index (χ1n) is 5.32. The molecule has 20 heavy (non-hydrogen) atoms. The first-order chi connectivity index (χ1) is 9.29. The molecule has 0 bridgehead atoms. The Morgan fingerprint density at radius 1 is 1.20 bits per heavy atom. The van der Waals surface area contributed by atoms with Gasteiger partial charge in [0.05, 0.1) is 21.3 Å². The van der Waals surface area contributed by atoms with Crippen LogP contribution in [0.15, 0.2) is 45.8 Å². The Labute approximate surface area is 128 Å². The van der Waals surface area contributed by atoms with Crippen molar-refractivity contribution in [1.82, 2.24) is 0 Å². The molecule has 0 heterocycles. The third kappa shape index (κ3) is 3.23. The first-order valence-corrected chi connectivity index (χ1v) is 7.98. The standard InChI is InChI=1S/C12H9BrClFN2O2S/c13-9-6-8(2-3-10(9)14)20(18,19)17-7-1-4-11(15)12(16)5-7/h1-6,17H,16H2. The van der Waals surface area contributed by atoms with Crippen molar-refractivity contribution in [3.8, 4) is 0 Å². The summed E-state index contributed by atoms with van der Waals surface area (Å²) in [5, 5.41) is 0.398. The second-order valence-electron chi connectivity index (χ2n) is 3.92. The number of hydrogen-bond acceptors (Lipinski definition) is 3. The molecule has 2 aromatic carbocycles. The van der Waals surface area contributed by atoms with Crippen molar-refractivity contribution in [3.05, 3.63) is 51.7 Å². The van der Waals surface area contributed by atoms with E-state index in [1.54, 1.807) is 0 Å². The number of sulfonamides is 1. The van der Waals surface area contributed by atoms with Crippen LogP contribution in [0, 0.1) is 5.82 Å². The Morgan fingerprint density at radius 3 is 2.50 bits per heavy atom. The summed E-state index contributed by atoms with van der Waals surface area (Å²) in [6.45, 7) is 0. The SMILES string of the molecule is Nc1cc(NS(=O)(=O)c2ccc(Cl)c(Br)c2)ccc1F. The maximum atomic E-state index is 13.0. The van der Waals surface area contributed by atoms with Gasteiger partial charge in [0.1, 0.15) is 5.82 Å². The van der Waals surface area contributed by atoms with Crippen LogP contribution in [0.3, 0.4) is 0 Å². The van der Waals surface area contributed by atoms with Crippen molar-refractivity contribution in [2.45, 2.75) is 4.90 Å². The second-order valence-corrected chi connectivity index (χ2v) is 6.86. The molecule has 0 saturated carbocycles. The number of rotatable bonds is 3. The fourth-order valence-electron chi connectivity index (χ4n) is 1.47. The molecule has 3 N–H and O–H groups in total. The predicted octanol–water partition coefficient (Wildman–Crippen LogP) is 3.62. The van der Waals surface area contributed by atoms with Gasteiger partial charge < -0.3 is 5.73 Å². The topological polar surface area (TPSA) is 72.2 Å². The molecule has 0 aromatic heterocycles. The summed E-state index contributed by atoms with van der Waals surface area (Å²) in [4.78, 5) is 0.0247. The predicted molar refractivity (Wildman–Crippen MR) is 80.8 cm³/mol. The lowest BCUT2D eigenvalue weighted by Crippen LogP contribution is -2.13. The Hall–Kier alpha value is -1.31. The van der Waals surface area contributed by atoms with Crippen molar-refractivity contribution in [1.29, 1.82) is 0 Å². The minimum atomic E-state index is -3.80. The fraction of sp³-hybridized carbons (Fsp3) is 0. The molecule has 0 radical (unpaired) electrons. The molecule has 0 spiro atoms. The van der Waals surface area contributed by atoms with Gasteiger partial charge in [-0.25, -0.2) is 12.8 Å². The lowest BCUT2D eigenvalue weighted by molar-refractivity contribution is 0.601. The molecule has 0 aliphatic carbocycles.